The molecule has 0 unspecified atom stereocenters. The predicted octanol–water partition coefficient (Wildman–Crippen LogP) is 6.85. The molecule has 27 heavy (non-hydrogen) atoms. The number of nitrogens with zero attached hydrogens (tertiary/aromatic N) is 2. The van der Waals surface area contributed by atoms with Crippen LogP contribution >= 0.6 is 70.5 Å². The fraction of sp³-hybridized carbons (Fsp3) is 0.222. The molecule has 0 spiro atoms. The van der Waals surface area contributed by atoms with Crippen molar-refractivity contribution in [3.8, 4) is 11.5 Å². The maximum Gasteiger partial charge on any atom is 0.120 e. The average Bonchev–Trinajstić information content (AvgIpc) is 3.35. The first-order valence-electron chi connectivity index (χ1n) is 7.84. The number of phenols is 1. The van der Waals surface area contributed by atoms with Crippen molar-refractivity contribution in [2.24, 2.45) is 0 Å². The minimum Gasteiger partial charge on any atom is -0.508 e. The third kappa shape index (κ3) is 7.65. The molecule has 4 rings (SSSR count). The first-order valence-corrected chi connectivity index (χ1v) is 13.0. The van der Waals surface area contributed by atoms with E-state index in [0.29, 0.717) is 12.4 Å². The zero-order valence-corrected chi connectivity index (χ0v) is 20.5. The quantitative estimate of drug-likeness (QED) is 0.262. The molecular formula is C18H17Br3N2O2S2. The highest BCUT2D eigenvalue weighted by Crippen LogP contribution is 2.23. The van der Waals surface area contributed by atoms with E-state index in [1.54, 1.807) is 35.0 Å². The molecule has 4 nitrogen and oxygen atoms in total. The second-order valence-electron chi connectivity index (χ2n) is 4.90. The summed E-state index contributed by atoms with van der Waals surface area (Å²) in [6.45, 7) is 0.699. The summed E-state index contributed by atoms with van der Waals surface area (Å²) >= 11 is 12.9. The van der Waals surface area contributed by atoms with Gasteiger partial charge in [0.05, 0.1) is 38.1 Å². The van der Waals surface area contributed by atoms with Crippen LogP contribution in [0.3, 0.4) is 0 Å². The Hall–Kier alpha value is -0.740. The number of fused-ring (bicyclic) bond motifs is 2. The van der Waals surface area contributed by atoms with E-state index in [9.17, 15) is 0 Å². The third-order valence-corrected chi connectivity index (χ3v) is 6.80. The Bertz CT molecular complexity index is 944. The number of halogens is 3. The Morgan fingerprint density at radius 2 is 1.41 bits per heavy atom. The van der Waals surface area contributed by atoms with Crippen LogP contribution in [0.25, 0.3) is 20.4 Å². The smallest absolute Gasteiger partial charge is 0.120 e. The number of aromatic nitrogens is 2. The molecule has 0 saturated heterocycles. The molecule has 0 atom stereocenters. The van der Waals surface area contributed by atoms with Gasteiger partial charge in [-0.05, 0) is 36.4 Å². The van der Waals surface area contributed by atoms with E-state index in [4.69, 9.17) is 9.84 Å². The van der Waals surface area contributed by atoms with E-state index in [1.165, 1.54) is 16.0 Å². The Balaban J connectivity index is 0.000000166. The molecule has 0 aliphatic carbocycles. The standard InChI is InChI=1S/C9H8BrNOS.C7H5NOS.C2H4Br2/c10-3-4-12-7-1-2-8-9(5-7)13-6-11-8;9-5-1-2-6-7(3-5)10-4-8-6;3-1-2-4/h1-2,5-6H,3-4H2;1-4,9H;1-2H2. The summed E-state index contributed by atoms with van der Waals surface area (Å²) in [7, 11) is 0. The van der Waals surface area contributed by atoms with E-state index in [0.717, 1.165) is 37.5 Å². The van der Waals surface area contributed by atoms with Gasteiger partial charge >= 0.3 is 0 Å². The summed E-state index contributed by atoms with van der Waals surface area (Å²) in [6.07, 6.45) is 0. The minimum absolute atomic E-state index is 0.303. The largest absolute Gasteiger partial charge is 0.508 e. The van der Waals surface area contributed by atoms with Gasteiger partial charge in [0.25, 0.3) is 0 Å². The van der Waals surface area contributed by atoms with Gasteiger partial charge in [0.2, 0.25) is 0 Å². The highest BCUT2D eigenvalue weighted by Gasteiger charge is 1.98. The minimum atomic E-state index is 0.303. The summed E-state index contributed by atoms with van der Waals surface area (Å²) in [5.74, 6) is 1.22. The van der Waals surface area contributed by atoms with Gasteiger partial charge in [-0.1, -0.05) is 47.8 Å². The summed E-state index contributed by atoms with van der Waals surface area (Å²) in [5, 5.41) is 12.0. The van der Waals surface area contributed by atoms with E-state index in [2.05, 4.69) is 57.8 Å². The van der Waals surface area contributed by atoms with Gasteiger partial charge in [0.15, 0.2) is 0 Å². The van der Waals surface area contributed by atoms with Crippen LogP contribution in [-0.2, 0) is 0 Å². The van der Waals surface area contributed by atoms with Crippen LogP contribution < -0.4 is 4.74 Å². The molecule has 9 heteroatoms. The maximum atomic E-state index is 9.03. The molecule has 4 aromatic rings. The number of ether oxygens (including phenoxy) is 1. The van der Waals surface area contributed by atoms with E-state index >= 15 is 0 Å². The van der Waals surface area contributed by atoms with Crippen molar-refractivity contribution in [1.82, 2.24) is 9.97 Å². The molecule has 0 radical (unpaired) electrons. The van der Waals surface area contributed by atoms with Crippen molar-refractivity contribution in [1.29, 1.82) is 0 Å². The third-order valence-electron chi connectivity index (χ3n) is 3.03. The molecule has 0 saturated carbocycles. The van der Waals surface area contributed by atoms with Crippen LogP contribution in [0.2, 0.25) is 0 Å². The number of rotatable bonds is 4. The topological polar surface area (TPSA) is 55.2 Å². The zero-order valence-electron chi connectivity index (χ0n) is 14.1. The van der Waals surface area contributed by atoms with E-state index in [-0.39, 0.29) is 0 Å². The second kappa shape index (κ2) is 12.7. The number of aromatic hydroxyl groups is 1. The molecule has 0 aliphatic rings. The number of thiazole rings is 2. The lowest BCUT2D eigenvalue weighted by Crippen LogP contribution is -1.96. The molecule has 2 heterocycles. The highest BCUT2D eigenvalue weighted by atomic mass is 79.9. The van der Waals surface area contributed by atoms with Gasteiger partial charge in [-0.15, -0.1) is 22.7 Å². The molecule has 0 bridgehead atoms. The maximum absolute atomic E-state index is 9.03. The fourth-order valence-electron chi connectivity index (χ4n) is 1.93. The van der Waals surface area contributed by atoms with Crippen molar-refractivity contribution < 1.29 is 9.84 Å². The van der Waals surface area contributed by atoms with Gasteiger partial charge < -0.3 is 9.84 Å². The Kier molecular flexibility index (Phi) is 10.6. The number of phenolic OH excluding ortho intramolecular Hbond substituents is 1. The van der Waals surface area contributed by atoms with Crippen molar-refractivity contribution in [2.75, 3.05) is 22.6 Å². The van der Waals surface area contributed by atoms with Crippen LogP contribution in [0.5, 0.6) is 11.5 Å². The second-order valence-corrected chi connectivity index (χ2v) is 9.05. The lowest BCUT2D eigenvalue weighted by atomic mass is 10.3. The normalized spacial score (nSPS) is 10.0. The lowest BCUT2D eigenvalue weighted by molar-refractivity contribution is 0.345. The molecule has 2 aromatic heterocycles. The van der Waals surface area contributed by atoms with Crippen LogP contribution in [0, 0.1) is 0 Å². The van der Waals surface area contributed by atoms with Crippen LogP contribution in [0.4, 0.5) is 0 Å². The number of hydrogen-bond acceptors (Lipinski definition) is 6. The molecule has 2 aromatic carbocycles. The summed E-state index contributed by atoms with van der Waals surface area (Å²) < 4.78 is 7.67. The molecule has 0 aliphatic heterocycles. The zero-order chi connectivity index (χ0) is 19.5. The fourth-order valence-corrected chi connectivity index (χ4v) is 3.50. The van der Waals surface area contributed by atoms with Crippen molar-refractivity contribution >= 4 is 90.9 Å². The van der Waals surface area contributed by atoms with Crippen molar-refractivity contribution in [2.45, 2.75) is 0 Å². The number of alkyl halides is 3. The summed E-state index contributed by atoms with van der Waals surface area (Å²) in [4.78, 5) is 8.26. The Labute approximate surface area is 191 Å². The van der Waals surface area contributed by atoms with Gasteiger partial charge in [-0.2, -0.15) is 0 Å². The van der Waals surface area contributed by atoms with Gasteiger partial charge in [0.1, 0.15) is 11.5 Å². The van der Waals surface area contributed by atoms with Crippen LogP contribution in [-0.4, -0.2) is 37.7 Å². The predicted molar refractivity (Wildman–Crippen MR) is 128 cm³/mol. The monoisotopic (exact) mass is 594 g/mol. The first kappa shape index (κ1) is 22.5. The highest BCUT2D eigenvalue weighted by molar-refractivity contribution is 9.12. The van der Waals surface area contributed by atoms with Gasteiger partial charge in [0, 0.05) is 16.0 Å². The Morgan fingerprint density at radius 3 is 2.00 bits per heavy atom. The average molecular weight is 597 g/mol. The van der Waals surface area contributed by atoms with Crippen molar-refractivity contribution in [3.05, 3.63) is 47.4 Å². The molecule has 0 fully saturated rings. The SMILES string of the molecule is BrCCBr.BrCCOc1ccc2ncsc2c1.Oc1ccc2ncsc2c1. The van der Waals surface area contributed by atoms with Gasteiger partial charge in [-0.3, -0.25) is 0 Å². The van der Waals surface area contributed by atoms with Crippen LogP contribution in [0.1, 0.15) is 0 Å². The molecular weight excluding hydrogens is 580 g/mol. The first-order chi connectivity index (χ1) is 13.2. The van der Waals surface area contributed by atoms with Gasteiger partial charge in [-0.25, -0.2) is 9.97 Å². The van der Waals surface area contributed by atoms with Crippen LogP contribution in [0.15, 0.2) is 47.4 Å². The van der Waals surface area contributed by atoms with Crippen molar-refractivity contribution in [3.63, 3.8) is 0 Å². The summed E-state index contributed by atoms with van der Waals surface area (Å²) in [6, 6.07) is 11.1. The van der Waals surface area contributed by atoms with E-state index < -0.39 is 0 Å². The summed E-state index contributed by atoms with van der Waals surface area (Å²) in [5.41, 5.74) is 5.60. The molecule has 0 amide bonds. The molecule has 1 N–H and O–H groups in total. The lowest BCUT2D eigenvalue weighted by Gasteiger charge is -2.02. The Morgan fingerprint density at radius 1 is 0.815 bits per heavy atom. The number of hydrogen-bond donors (Lipinski definition) is 1. The van der Waals surface area contributed by atoms with E-state index in [1.807, 2.05) is 23.7 Å². The number of benzene rings is 2. The molecule has 144 valence electrons.